The molecule has 2 aromatic carbocycles. The Labute approximate surface area is 103 Å². The summed E-state index contributed by atoms with van der Waals surface area (Å²) in [6.07, 6.45) is 5.22. The third-order valence-corrected chi connectivity index (χ3v) is 3.71. The molecule has 0 aliphatic carbocycles. The summed E-state index contributed by atoms with van der Waals surface area (Å²) in [5.74, 6) is 0. The standard InChI is InChI=1S/C16H19N/c1-2-6-15-11-13(8-9-14(15)5-1)12-16-7-3-4-10-17-16/h1-2,5-6,8-9,11,16-17H,3-4,7,10,12H2. The predicted molar refractivity (Wildman–Crippen MR) is 73.3 cm³/mol. The molecule has 17 heavy (non-hydrogen) atoms. The van der Waals surface area contributed by atoms with E-state index in [1.807, 2.05) is 0 Å². The summed E-state index contributed by atoms with van der Waals surface area (Å²) in [6, 6.07) is 16.1. The van der Waals surface area contributed by atoms with Crippen LogP contribution >= 0.6 is 0 Å². The molecule has 1 nitrogen and oxygen atoms in total. The second-order valence-corrected chi connectivity index (χ2v) is 5.03. The fraction of sp³-hybridized carbons (Fsp3) is 0.375. The molecule has 1 unspecified atom stereocenters. The molecule has 1 heterocycles. The average molecular weight is 225 g/mol. The second-order valence-electron chi connectivity index (χ2n) is 5.03. The molecule has 1 saturated heterocycles. The number of rotatable bonds is 2. The normalized spacial score (nSPS) is 20.6. The first-order valence-corrected chi connectivity index (χ1v) is 6.63. The Hall–Kier alpha value is -1.34. The largest absolute Gasteiger partial charge is 0.314 e. The van der Waals surface area contributed by atoms with Crippen molar-refractivity contribution in [2.24, 2.45) is 0 Å². The molecular formula is C16H19N. The van der Waals surface area contributed by atoms with Gasteiger partial charge in [-0.05, 0) is 42.1 Å². The Morgan fingerprint density at radius 3 is 2.71 bits per heavy atom. The van der Waals surface area contributed by atoms with Gasteiger partial charge in [-0.1, -0.05) is 48.9 Å². The zero-order chi connectivity index (χ0) is 11.5. The van der Waals surface area contributed by atoms with E-state index >= 15 is 0 Å². The van der Waals surface area contributed by atoms with Gasteiger partial charge >= 0.3 is 0 Å². The minimum absolute atomic E-state index is 0.685. The number of fused-ring (bicyclic) bond motifs is 1. The average Bonchev–Trinajstić information content (AvgIpc) is 2.40. The summed E-state index contributed by atoms with van der Waals surface area (Å²) in [7, 11) is 0. The van der Waals surface area contributed by atoms with Gasteiger partial charge in [-0.2, -0.15) is 0 Å². The summed E-state index contributed by atoms with van der Waals surface area (Å²) >= 11 is 0. The molecule has 0 saturated carbocycles. The van der Waals surface area contributed by atoms with Crippen LogP contribution in [0.3, 0.4) is 0 Å². The molecule has 2 aromatic rings. The van der Waals surface area contributed by atoms with E-state index in [1.54, 1.807) is 0 Å². The number of piperidine rings is 1. The van der Waals surface area contributed by atoms with Crippen molar-refractivity contribution in [1.82, 2.24) is 5.32 Å². The Kier molecular flexibility index (Phi) is 3.10. The van der Waals surface area contributed by atoms with Gasteiger partial charge in [0.15, 0.2) is 0 Å². The zero-order valence-electron chi connectivity index (χ0n) is 10.2. The number of nitrogens with one attached hydrogen (secondary N) is 1. The molecule has 1 atom stereocenters. The maximum atomic E-state index is 3.62. The molecule has 1 fully saturated rings. The van der Waals surface area contributed by atoms with Crippen LogP contribution in [0.4, 0.5) is 0 Å². The van der Waals surface area contributed by atoms with Crippen molar-refractivity contribution >= 4 is 10.8 Å². The molecule has 3 rings (SSSR count). The van der Waals surface area contributed by atoms with Crippen molar-refractivity contribution in [2.45, 2.75) is 31.7 Å². The van der Waals surface area contributed by atoms with Crippen LogP contribution in [0.2, 0.25) is 0 Å². The van der Waals surface area contributed by atoms with Gasteiger partial charge in [0.05, 0.1) is 0 Å². The van der Waals surface area contributed by atoms with Crippen molar-refractivity contribution in [3.8, 4) is 0 Å². The molecule has 1 N–H and O–H groups in total. The molecule has 88 valence electrons. The maximum absolute atomic E-state index is 3.62. The van der Waals surface area contributed by atoms with Gasteiger partial charge in [-0.25, -0.2) is 0 Å². The molecule has 0 bridgehead atoms. The lowest BCUT2D eigenvalue weighted by Gasteiger charge is -2.23. The van der Waals surface area contributed by atoms with Gasteiger partial charge in [0.2, 0.25) is 0 Å². The highest BCUT2D eigenvalue weighted by atomic mass is 14.9. The van der Waals surface area contributed by atoms with Crippen molar-refractivity contribution in [1.29, 1.82) is 0 Å². The van der Waals surface area contributed by atoms with E-state index < -0.39 is 0 Å². The molecule has 1 heteroatoms. The van der Waals surface area contributed by atoms with E-state index in [4.69, 9.17) is 0 Å². The summed E-state index contributed by atoms with van der Waals surface area (Å²) in [5.41, 5.74) is 1.46. The fourth-order valence-electron chi connectivity index (χ4n) is 2.75. The van der Waals surface area contributed by atoms with E-state index in [0.29, 0.717) is 6.04 Å². The highest BCUT2D eigenvalue weighted by Gasteiger charge is 2.12. The van der Waals surface area contributed by atoms with E-state index in [0.717, 1.165) is 0 Å². The molecule has 1 aliphatic rings. The summed E-state index contributed by atoms with van der Waals surface area (Å²) in [4.78, 5) is 0. The SMILES string of the molecule is c1ccc2cc(CC3CCCCN3)ccc2c1. The molecule has 0 spiro atoms. The van der Waals surface area contributed by atoms with Crippen LogP contribution in [0.5, 0.6) is 0 Å². The first kappa shape index (κ1) is 10.8. The van der Waals surface area contributed by atoms with Crippen molar-refractivity contribution in [3.63, 3.8) is 0 Å². The summed E-state index contributed by atoms with van der Waals surface area (Å²) in [6.45, 7) is 1.19. The van der Waals surface area contributed by atoms with E-state index in [2.05, 4.69) is 47.8 Å². The smallest absolute Gasteiger partial charge is 0.0107 e. The molecule has 0 amide bonds. The van der Waals surface area contributed by atoms with E-state index in [9.17, 15) is 0 Å². The third kappa shape index (κ3) is 2.50. The zero-order valence-corrected chi connectivity index (χ0v) is 10.2. The van der Waals surface area contributed by atoms with Gasteiger partial charge in [0.25, 0.3) is 0 Å². The lowest BCUT2D eigenvalue weighted by atomic mass is 9.96. The van der Waals surface area contributed by atoms with Crippen LogP contribution in [-0.2, 0) is 6.42 Å². The van der Waals surface area contributed by atoms with Crippen molar-refractivity contribution in [2.75, 3.05) is 6.54 Å². The predicted octanol–water partition coefficient (Wildman–Crippen LogP) is 3.52. The van der Waals surface area contributed by atoms with Crippen LogP contribution < -0.4 is 5.32 Å². The van der Waals surface area contributed by atoms with Gasteiger partial charge in [0.1, 0.15) is 0 Å². The first-order valence-electron chi connectivity index (χ1n) is 6.63. The van der Waals surface area contributed by atoms with Crippen LogP contribution in [-0.4, -0.2) is 12.6 Å². The van der Waals surface area contributed by atoms with Gasteiger partial charge < -0.3 is 5.32 Å². The number of hydrogen-bond donors (Lipinski definition) is 1. The first-order chi connectivity index (χ1) is 8.42. The Morgan fingerprint density at radius 1 is 1.00 bits per heavy atom. The van der Waals surface area contributed by atoms with Crippen molar-refractivity contribution < 1.29 is 0 Å². The lowest BCUT2D eigenvalue weighted by molar-refractivity contribution is 0.399. The molecule has 0 aromatic heterocycles. The number of hydrogen-bond acceptors (Lipinski definition) is 1. The molecule has 0 radical (unpaired) electrons. The minimum Gasteiger partial charge on any atom is -0.314 e. The van der Waals surface area contributed by atoms with Gasteiger partial charge in [-0.3, -0.25) is 0 Å². The Bertz CT molecular complexity index is 498. The van der Waals surface area contributed by atoms with E-state index in [1.165, 1.54) is 48.6 Å². The Balaban J connectivity index is 1.80. The minimum atomic E-state index is 0.685. The maximum Gasteiger partial charge on any atom is 0.0107 e. The van der Waals surface area contributed by atoms with Gasteiger partial charge in [-0.15, -0.1) is 0 Å². The molecule has 1 aliphatic heterocycles. The highest BCUT2D eigenvalue weighted by molar-refractivity contribution is 5.82. The Morgan fingerprint density at radius 2 is 1.88 bits per heavy atom. The van der Waals surface area contributed by atoms with Crippen LogP contribution in [0.25, 0.3) is 10.8 Å². The lowest BCUT2D eigenvalue weighted by Crippen LogP contribution is -2.35. The second kappa shape index (κ2) is 4.89. The molecular weight excluding hydrogens is 206 g/mol. The van der Waals surface area contributed by atoms with Crippen LogP contribution in [0.1, 0.15) is 24.8 Å². The topological polar surface area (TPSA) is 12.0 Å². The third-order valence-electron chi connectivity index (χ3n) is 3.71. The summed E-state index contributed by atoms with van der Waals surface area (Å²) in [5, 5.41) is 6.32. The van der Waals surface area contributed by atoms with Gasteiger partial charge in [0, 0.05) is 6.04 Å². The van der Waals surface area contributed by atoms with Crippen LogP contribution in [0.15, 0.2) is 42.5 Å². The van der Waals surface area contributed by atoms with E-state index in [-0.39, 0.29) is 0 Å². The number of benzene rings is 2. The quantitative estimate of drug-likeness (QED) is 0.824. The monoisotopic (exact) mass is 225 g/mol. The van der Waals surface area contributed by atoms with Crippen LogP contribution in [0, 0.1) is 0 Å². The fourth-order valence-corrected chi connectivity index (χ4v) is 2.75. The highest BCUT2D eigenvalue weighted by Crippen LogP contribution is 2.18. The van der Waals surface area contributed by atoms with Crippen molar-refractivity contribution in [3.05, 3.63) is 48.0 Å². The summed E-state index contributed by atoms with van der Waals surface area (Å²) < 4.78 is 0.